The highest BCUT2D eigenvalue weighted by atomic mass is 32.2. The zero-order chi connectivity index (χ0) is 21.9. The lowest BCUT2D eigenvalue weighted by molar-refractivity contribution is -0.301. The summed E-state index contributed by atoms with van der Waals surface area (Å²) in [4.78, 5) is 22.6. The number of hydrogen-bond donors (Lipinski definition) is 1. The van der Waals surface area contributed by atoms with Crippen LogP contribution in [0.15, 0.2) is 64.4 Å². The summed E-state index contributed by atoms with van der Waals surface area (Å²) in [5.74, 6) is -2.85. The zero-order valence-corrected chi connectivity index (χ0v) is 17.2. The van der Waals surface area contributed by atoms with Crippen molar-refractivity contribution in [3.63, 3.8) is 0 Å². The topological polar surface area (TPSA) is 113 Å². The fourth-order valence-corrected chi connectivity index (χ4v) is 4.55. The molecule has 0 spiro atoms. The maximum Gasteiger partial charge on any atom is 0.308 e. The molecule has 3 aromatic rings. The molecule has 0 heterocycles. The van der Waals surface area contributed by atoms with Crippen LogP contribution in [0.4, 0.5) is 10.1 Å². The summed E-state index contributed by atoms with van der Waals surface area (Å²) in [5, 5.41) is 11.8. The van der Waals surface area contributed by atoms with E-state index in [1.54, 1.807) is 24.3 Å². The molecule has 10 heteroatoms. The van der Waals surface area contributed by atoms with E-state index in [2.05, 4.69) is 4.72 Å². The third-order valence-corrected chi connectivity index (χ3v) is 6.30. The number of esters is 1. The minimum atomic E-state index is -4.07. The Morgan fingerprint density at radius 3 is 2.33 bits per heavy atom. The van der Waals surface area contributed by atoms with Crippen LogP contribution in [0, 0.1) is 5.82 Å². The number of ether oxygens (including phenoxy) is 1. The van der Waals surface area contributed by atoms with E-state index in [1.165, 1.54) is 13.0 Å². The number of hydrogen-bond acceptors (Lipinski definition) is 7. The van der Waals surface area contributed by atoms with Gasteiger partial charge in [0.2, 0.25) is 0 Å². The number of fused-ring (bicyclic) bond motifs is 1. The number of aliphatic carboxylic acids is 1. The van der Waals surface area contributed by atoms with Crippen LogP contribution in [0.3, 0.4) is 0 Å². The van der Waals surface area contributed by atoms with Crippen molar-refractivity contribution < 1.29 is 32.2 Å². The molecule has 0 radical (unpaired) electrons. The average Bonchev–Trinajstić information content (AvgIpc) is 2.68. The quantitative estimate of drug-likeness (QED) is 0.336. The van der Waals surface area contributed by atoms with Gasteiger partial charge < -0.3 is 14.6 Å². The molecular formula is C20H15FNO6S2-. The smallest absolute Gasteiger partial charge is 0.308 e. The number of benzene rings is 3. The summed E-state index contributed by atoms with van der Waals surface area (Å²) < 4.78 is 46.4. The Morgan fingerprint density at radius 1 is 1.10 bits per heavy atom. The van der Waals surface area contributed by atoms with Crippen LogP contribution in [0.5, 0.6) is 5.75 Å². The zero-order valence-electron chi connectivity index (χ0n) is 15.5. The van der Waals surface area contributed by atoms with E-state index in [1.807, 2.05) is 0 Å². The average molecular weight is 448 g/mol. The molecule has 156 valence electrons. The van der Waals surface area contributed by atoms with E-state index < -0.39 is 33.5 Å². The Balaban J connectivity index is 2.15. The van der Waals surface area contributed by atoms with Gasteiger partial charge in [0, 0.05) is 23.4 Å². The molecule has 0 saturated heterocycles. The first-order valence-corrected chi connectivity index (χ1v) is 11.0. The maximum absolute atomic E-state index is 13.1. The van der Waals surface area contributed by atoms with Crippen LogP contribution in [-0.4, -0.2) is 26.1 Å². The van der Waals surface area contributed by atoms with E-state index in [9.17, 15) is 27.5 Å². The van der Waals surface area contributed by atoms with Gasteiger partial charge in [-0.2, -0.15) is 0 Å². The van der Waals surface area contributed by atoms with Gasteiger partial charge in [0.1, 0.15) is 5.82 Å². The van der Waals surface area contributed by atoms with Gasteiger partial charge in [-0.1, -0.05) is 24.3 Å². The highest BCUT2D eigenvalue weighted by Crippen LogP contribution is 2.41. The minimum Gasteiger partial charge on any atom is -0.549 e. The molecule has 1 N–H and O–H groups in total. The number of carboxylic acid groups (broad SMARTS) is 1. The predicted molar refractivity (Wildman–Crippen MR) is 108 cm³/mol. The second-order valence-electron chi connectivity index (χ2n) is 6.11. The Kier molecular flexibility index (Phi) is 6.28. The number of anilines is 1. The second kappa shape index (κ2) is 8.72. The normalized spacial score (nSPS) is 11.3. The van der Waals surface area contributed by atoms with Gasteiger partial charge in [-0.3, -0.25) is 9.52 Å². The maximum atomic E-state index is 13.1. The fraction of sp³-hybridized carbons (Fsp3) is 0.100. The Bertz CT molecular complexity index is 1230. The van der Waals surface area contributed by atoms with Gasteiger partial charge in [0.15, 0.2) is 5.75 Å². The summed E-state index contributed by atoms with van der Waals surface area (Å²) in [6.07, 6.45) is 0. The second-order valence-corrected chi connectivity index (χ2v) is 8.81. The van der Waals surface area contributed by atoms with E-state index in [-0.39, 0.29) is 21.2 Å². The number of rotatable bonds is 7. The lowest BCUT2D eigenvalue weighted by atomic mass is 10.1. The first-order valence-electron chi connectivity index (χ1n) is 8.52. The molecule has 0 atom stereocenters. The minimum absolute atomic E-state index is 0.120. The largest absolute Gasteiger partial charge is 0.549 e. The van der Waals surface area contributed by atoms with Crippen LogP contribution in [-0.2, 0) is 19.6 Å². The highest BCUT2D eigenvalue weighted by Gasteiger charge is 2.20. The Hall–Kier alpha value is -3.11. The van der Waals surface area contributed by atoms with Crippen molar-refractivity contribution in [2.45, 2.75) is 16.7 Å². The molecule has 7 nitrogen and oxygen atoms in total. The van der Waals surface area contributed by atoms with E-state index in [0.717, 1.165) is 36.0 Å². The predicted octanol–water partition coefficient (Wildman–Crippen LogP) is 2.55. The molecule has 0 amide bonds. The van der Waals surface area contributed by atoms with Gasteiger partial charge >= 0.3 is 5.97 Å². The Labute approximate surface area is 175 Å². The number of sulfonamides is 1. The van der Waals surface area contributed by atoms with Crippen LogP contribution in [0.1, 0.15) is 6.92 Å². The molecule has 0 fully saturated rings. The van der Waals surface area contributed by atoms with Crippen LogP contribution >= 0.6 is 11.8 Å². The summed E-state index contributed by atoms with van der Waals surface area (Å²) in [5.41, 5.74) is 0.145. The fourth-order valence-electron chi connectivity index (χ4n) is 2.72. The third-order valence-electron chi connectivity index (χ3n) is 3.92. The van der Waals surface area contributed by atoms with Gasteiger partial charge in [-0.15, -0.1) is 11.8 Å². The molecule has 0 saturated carbocycles. The first-order chi connectivity index (χ1) is 14.2. The lowest BCUT2D eigenvalue weighted by Gasteiger charge is -2.17. The van der Waals surface area contributed by atoms with Gasteiger partial charge in [0.05, 0.1) is 21.4 Å². The molecule has 0 unspecified atom stereocenters. The molecule has 0 aromatic heterocycles. The van der Waals surface area contributed by atoms with Crippen LogP contribution in [0.25, 0.3) is 10.8 Å². The molecular weight excluding hydrogens is 433 g/mol. The number of halogens is 1. The SMILES string of the molecule is CC(=O)Oc1c(SCC(=O)[O-])cc(NS(=O)(=O)c2ccc(F)cc2)c2ccccc12. The van der Waals surface area contributed by atoms with Gasteiger partial charge in [-0.25, -0.2) is 12.8 Å². The lowest BCUT2D eigenvalue weighted by Crippen LogP contribution is -2.24. The van der Waals surface area contributed by atoms with E-state index in [4.69, 9.17) is 4.74 Å². The first kappa shape index (κ1) is 21.6. The summed E-state index contributed by atoms with van der Waals surface area (Å²) in [6.45, 7) is 1.20. The molecule has 3 rings (SSSR count). The van der Waals surface area contributed by atoms with E-state index in [0.29, 0.717) is 10.8 Å². The van der Waals surface area contributed by atoms with Crippen molar-refractivity contribution >= 4 is 50.2 Å². The molecule has 0 aliphatic rings. The molecule has 0 aliphatic carbocycles. The number of thioether (sulfide) groups is 1. The van der Waals surface area contributed by atoms with E-state index >= 15 is 0 Å². The number of nitrogens with one attached hydrogen (secondary N) is 1. The third kappa shape index (κ3) is 4.89. The number of carbonyl (C=O) groups excluding carboxylic acids is 2. The van der Waals surface area contributed by atoms with Crippen LogP contribution in [0.2, 0.25) is 0 Å². The summed E-state index contributed by atoms with van der Waals surface area (Å²) in [7, 11) is -4.07. The summed E-state index contributed by atoms with van der Waals surface area (Å²) >= 11 is 0.826. The van der Waals surface area contributed by atoms with Crippen molar-refractivity contribution in [3.05, 3.63) is 60.4 Å². The number of carbonyl (C=O) groups is 2. The van der Waals surface area contributed by atoms with Gasteiger partial charge in [0.25, 0.3) is 10.0 Å². The van der Waals surface area contributed by atoms with Gasteiger partial charge in [-0.05, 0) is 30.3 Å². The van der Waals surface area contributed by atoms with Crippen molar-refractivity contribution in [3.8, 4) is 5.75 Å². The van der Waals surface area contributed by atoms with Crippen molar-refractivity contribution in [2.24, 2.45) is 0 Å². The highest BCUT2D eigenvalue weighted by molar-refractivity contribution is 8.00. The Morgan fingerprint density at radius 2 is 1.73 bits per heavy atom. The van der Waals surface area contributed by atoms with Crippen molar-refractivity contribution in [2.75, 3.05) is 10.5 Å². The number of carboxylic acids is 1. The molecule has 0 aliphatic heterocycles. The molecule has 3 aromatic carbocycles. The van der Waals surface area contributed by atoms with Crippen molar-refractivity contribution in [1.82, 2.24) is 0 Å². The van der Waals surface area contributed by atoms with Crippen molar-refractivity contribution in [1.29, 1.82) is 0 Å². The molecule has 0 bridgehead atoms. The van der Waals surface area contributed by atoms with Crippen LogP contribution < -0.4 is 14.6 Å². The summed E-state index contributed by atoms with van der Waals surface area (Å²) in [6, 6.07) is 12.3. The molecule has 30 heavy (non-hydrogen) atoms. The standard InChI is InChI=1S/C20H16FNO6S2/c1-12(23)28-20-16-5-3-2-4-15(16)17(10-18(20)29-11-19(24)25)22-30(26,27)14-8-6-13(21)7-9-14/h2-10,22H,11H2,1H3,(H,24,25)/p-1. The monoisotopic (exact) mass is 448 g/mol.